The van der Waals surface area contributed by atoms with Gasteiger partial charge in [-0.15, -0.1) is 16.4 Å². The van der Waals surface area contributed by atoms with Gasteiger partial charge in [-0.1, -0.05) is 23.4 Å². The highest BCUT2D eigenvalue weighted by molar-refractivity contribution is 7.13. The molecule has 146 valence electrons. The van der Waals surface area contributed by atoms with E-state index in [-0.39, 0.29) is 24.6 Å². The molecule has 0 aliphatic heterocycles. The molecule has 10 nitrogen and oxygen atoms in total. The number of aromatic nitrogens is 5. The topological polar surface area (TPSA) is 125 Å². The number of carbonyl (C=O) groups is 2. The summed E-state index contributed by atoms with van der Waals surface area (Å²) in [5, 5.41) is 19.1. The second-order valence-corrected chi connectivity index (χ2v) is 6.78. The maximum absolute atomic E-state index is 12.5. The van der Waals surface area contributed by atoms with E-state index >= 15 is 0 Å². The van der Waals surface area contributed by atoms with Crippen LogP contribution in [-0.4, -0.2) is 37.2 Å². The third kappa shape index (κ3) is 4.52. The molecule has 3 heterocycles. The molecule has 1 aromatic carbocycles. The molecular weight excluding hydrogens is 396 g/mol. The highest BCUT2D eigenvalue weighted by Gasteiger charge is 2.16. The minimum Gasteiger partial charge on any atom is -0.455 e. The summed E-state index contributed by atoms with van der Waals surface area (Å²) < 4.78 is 11.9. The first-order valence-corrected chi connectivity index (χ1v) is 9.33. The number of para-hydroxylation sites is 1. The lowest BCUT2D eigenvalue weighted by atomic mass is 10.2. The Bertz CT molecular complexity index is 1110. The van der Waals surface area contributed by atoms with Crippen LogP contribution >= 0.6 is 11.3 Å². The standard InChI is InChI=1S/C18H14N6O4S/c25-17(9-24-11-19-22-23-24)20-14-5-2-1-4-13(14)18(26)27-10-12-8-15(28-21-12)16-6-3-7-29-16/h1-8,11H,9-10H2,(H,20,25). The Balaban J connectivity index is 1.39. The first-order chi connectivity index (χ1) is 14.2. The Hall–Kier alpha value is -3.86. The number of carbonyl (C=O) groups excluding carboxylic acids is 2. The van der Waals surface area contributed by atoms with Crippen LogP contribution in [-0.2, 0) is 22.7 Å². The summed E-state index contributed by atoms with van der Waals surface area (Å²) in [6.45, 7) is -0.137. The minimum atomic E-state index is -0.594. The van der Waals surface area contributed by atoms with Gasteiger partial charge in [-0.2, -0.15) is 0 Å². The molecule has 0 spiro atoms. The Morgan fingerprint density at radius 3 is 2.90 bits per heavy atom. The van der Waals surface area contributed by atoms with Crippen molar-refractivity contribution < 1.29 is 18.8 Å². The molecule has 0 radical (unpaired) electrons. The normalized spacial score (nSPS) is 10.6. The van der Waals surface area contributed by atoms with Crippen LogP contribution in [0.1, 0.15) is 16.1 Å². The van der Waals surface area contributed by atoms with Gasteiger partial charge in [0, 0.05) is 6.07 Å². The first kappa shape index (κ1) is 18.5. The summed E-state index contributed by atoms with van der Waals surface area (Å²) in [6, 6.07) is 12.1. The fraction of sp³-hybridized carbons (Fsp3) is 0.111. The van der Waals surface area contributed by atoms with Crippen molar-refractivity contribution >= 4 is 28.9 Å². The molecule has 0 fully saturated rings. The van der Waals surface area contributed by atoms with Gasteiger partial charge in [0.05, 0.1) is 16.1 Å². The molecule has 3 aromatic heterocycles. The molecule has 0 unspecified atom stereocenters. The Kier molecular flexibility index (Phi) is 5.38. The van der Waals surface area contributed by atoms with E-state index in [2.05, 4.69) is 26.0 Å². The summed E-state index contributed by atoms with van der Waals surface area (Å²) in [4.78, 5) is 25.6. The quantitative estimate of drug-likeness (QED) is 0.460. The predicted octanol–water partition coefficient (Wildman–Crippen LogP) is 2.39. The van der Waals surface area contributed by atoms with Gasteiger partial charge in [0.25, 0.3) is 0 Å². The summed E-state index contributed by atoms with van der Waals surface area (Å²) in [5.74, 6) is -0.361. The van der Waals surface area contributed by atoms with Crippen LogP contribution < -0.4 is 5.32 Å². The molecule has 1 N–H and O–H groups in total. The van der Waals surface area contributed by atoms with E-state index < -0.39 is 5.97 Å². The van der Waals surface area contributed by atoms with Crippen LogP contribution in [0.15, 0.2) is 58.7 Å². The zero-order chi connectivity index (χ0) is 20.1. The molecule has 0 aliphatic carbocycles. The van der Waals surface area contributed by atoms with Crippen molar-refractivity contribution in [2.75, 3.05) is 5.32 Å². The Morgan fingerprint density at radius 2 is 2.10 bits per heavy atom. The van der Waals surface area contributed by atoms with Crippen LogP contribution in [0.2, 0.25) is 0 Å². The SMILES string of the molecule is O=C(Cn1cnnn1)Nc1ccccc1C(=O)OCc1cc(-c2cccs2)on1. The second kappa shape index (κ2) is 8.44. The van der Waals surface area contributed by atoms with Crippen LogP contribution in [0.4, 0.5) is 5.69 Å². The van der Waals surface area contributed by atoms with Crippen LogP contribution in [0.25, 0.3) is 10.6 Å². The van der Waals surface area contributed by atoms with E-state index in [1.54, 1.807) is 30.3 Å². The molecular formula is C18H14N6O4S. The van der Waals surface area contributed by atoms with Gasteiger partial charge >= 0.3 is 5.97 Å². The summed E-state index contributed by atoms with van der Waals surface area (Å²) in [7, 11) is 0. The van der Waals surface area contributed by atoms with Gasteiger partial charge in [-0.25, -0.2) is 9.48 Å². The van der Waals surface area contributed by atoms with Crippen molar-refractivity contribution in [3.8, 4) is 10.6 Å². The molecule has 0 bridgehead atoms. The van der Waals surface area contributed by atoms with E-state index in [9.17, 15) is 9.59 Å². The average molecular weight is 410 g/mol. The predicted molar refractivity (Wildman–Crippen MR) is 102 cm³/mol. The van der Waals surface area contributed by atoms with Crippen molar-refractivity contribution in [2.24, 2.45) is 0 Å². The average Bonchev–Trinajstić information content (AvgIpc) is 3.48. The molecule has 0 atom stereocenters. The van der Waals surface area contributed by atoms with Crippen molar-refractivity contribution in [3.05, 3.63) is 65.4 Å². The van der Waals surface area contributed by atoms with Crippen LogP contribution in [0.3, 0.4) is 0 Å². The van der Waals surface area contributed by atoms with Crippen molar-refractivity contribution in [2.45, 2.75) is 13.2 Å². The van der Waals surface area contributed by atoms with Gasteiger partial charge < -0.3 is 14.6 Å². The number of tetrazole rings is 1. The number of amides is 1. The Morgan fingerprint density at radius 1 is 1.21 bits per heavy atom. The van der Waals surface area contributed by atoms with E-state index in [0.29, 0.717) is 17.1 Å². The smallest absolute Gasteiger partial charge is 0.340 e. The lowest BCUT2D eigenvalue weighted by Gasteiger charge is -2.10. The molecule has 4 rings (SSSR count). The lowest BCUT2D eigenvalue weighted by Crippen LogP contribution is -2.21. The summed E-state index contributed by atoms with van der Waals surface area (Å²) in [6.07, 6.45) is 1.32. The third-order valence-electron chi connectivity index (χ3n) is 3.79. The number of nitrogens with zero attached hydrogens (tertiary/aromatic N) is 5. The summed E-state index contributed by atoms with van der Waals surface area (Å²) in [5.41, 5.74) is 1.04. The fourth-order valence-electron chi connectivity index (χ4n) is 2.49. The number of thiophene rings is 1. The number of anilines is 1. The number of benzene rings is 1. The molecule has 11 heteroatoms. The van der Waals surface area contributed by atoms with Crippen molar-refractivity contribution in [1.82, 2.24) is 25.4 Å². The number of esters is 1. The Labute approximate surface area is 168 Å². The minimum absolute atomic E-state index is 0.0549. The van der Waals surface area contributed by atoms with Gasteiger partial charge in [0.1, 0.15) is 25.2 Å². The monoisotopic (exact) mass is 410 g/mol. The molecule has 1 amide bonds. The van der Waals surface area contributed by atoms with Gasteiger partial charge in [-0.05, 0) is 34.0 Å². The van der Waals surface area contributed by atoms with E-state index in [0.717, 1.165) is 4.88 Å². The highest BCUT2D eigenvalue weighted by atomic mass is 32.1. The lowest BCUT2D eigenvalue weighted by molar-refractivity contribution is -0.116. The number of rotatable bonds is 7. The third-order valence-corrected chi connectivity index (χ3v) is 4.68. The number of ether oxygens (including phenoxy) is 1. The van der Waals surface area contributed by atoms with E-state index in [4.69, 9.17) is 9.26 Å². The van der Waals surface area contributed by atoms with Gasteiger partial charge in [-0.3, -0.25) is 4.79 Å². The molecule has 0 saturated carbocycles. The zero-order valence-electron chi connectivity index (χ0n) is 14.9. The molecule has 0 saturated heterocycles. The molecule has 4 aromatic rings. The maximum atomic E-state index is 12.5. The first-order valence-electron chi connectivity index (χ1n) is 8.45. The van der Waals surface area contributed by atoms with Crippen LogP contribution in [0, 0.1) is 0 Å². The number of hydrogen-bond donors (Lipinski definition) is 1. The molecule has 29 heavy (non-hydrogen) atoms. The largest absolute Gasteiger partial charge is 0.455 e. The second-order valence-electron chi connectivity index (χ2n) is 5.84. The highest BCUT2D eigenvalue weighted by Crippen LogP contribution is 2.25. The van der Waals surface area contributed by atoms with Gasteiger partial charge in [0.2, 0.25) is 5.91 Å². The van der Waals surface area contributed by atoms with Crippen molar-refractivity contribution in [1.29, 1.82) is 0 Å². The van der Waals surface area contributed by atoms with Gasteiger partial charge in [0.15, 0.2) is 5.76 Å². The number of nitrogens with one attached hydrogen (secondary N) is 1. The van der Waals surface area contributed by atoms with Crippen molar-refractivity contribution in [3.63, 3.8) is 0 Å². The van der Waals surface area contributed by atoms with E-state index in [1.807, 2.05) is 17.5 Å². The summed E-state index contributed by atoms with van der Waals surface area (Å²) >= 11 is 1.52. The zero-order valence-corrected chi connectivity index (χ0v) is 15.7. The van der Waals surface area contributed by atoms with E-state index in [1.165, 1.54) is 22.3 Å². The number of hydrogen-bond acceptors (Lipinski definition) is 9. The molecule has 0 aliphatic rings. The fourth-order valence-corrected chi connectivity index (χ4v) is 3.16. The maximum Gasteiger partial charge on any atom is 0.340 e. The van der Waals surface area contributed by atoms with Crippen LogP contribution in [0.5, 0.6) is 0 Å².